The number of esters is 4. The number of aliphatic hydroxyl groups is 1. The van der Waals surface area contributed by atoms with Crippen molar-refractivity contribution in [2.75, 3.05) is 39.6 Å². The average Bonchev–Trinajstić information content (AvgIpc) is 0.924. The fraction of sp³-hybridized carbons (Fsp3) is 0.831. The van der Waals surface area contributed by atoms with E-state index in [1.54, 1.807) is 0 Å². The van der Waals surface area contributed by atoms with E-state index in [4.69, 9.17) is 37.0 Å². The smallest absolute Gasteiger partial charge is 0.462 e. The Hall–Kier alpha value is -3.24. The van der Waals surface area contributed by atoms with Crippen molar-refractivity contribution in [1.82, 2.24) is 0 Å². The normalized spacial score (nSPS) is 14.1. The minimum atomic E-state index is -4.98. The van der Waals surface area contributed by atoms with Crippen LogP contribution in [-0.2, 0) is 65.4 Å². The van der Waals surface area contributed by atoms with Crippen LogP contribution in [0.15, 0.2) is 60.8 Å². The van der Waals surface area contributed by atoms with E-state index >= 15 is 0 Å². The van der Waals surface area contributed by atoms with Gasteiger partial charge in [-0.2, -0.15) is 0 Å². The minimum Gasteiger partial charge on any atom is -0.462 e. The molecule has 0 rings (SSSR count). The van der Waals surface area contributed by atoms with Crippen molar-refractivity contribution in [1.29, 1.82) is 0 Å². The number of ether oxygens (including phenoxy) is 4. The Morgan fingerprint density at radius 2 is 0.480 bits per heavy atom. The van der Waals surface area contributed by atoms with E-state index in [0.29, 0.717) is 25.7 Å². The molecule has 0 spiro atoms. The zero-order chi connectivity index (χ0) is 74.6. The lowest BCUT2D eigenvalue weighted by molar-refractivity contribution is -0.161. The molecule has 596 valence electrons. The van der Waals surface area contributed by atoms with Gasteiger partial charge in [-0.05, 0) is 116 Å². The van der Waals surface area contributed by atoms with E-state index in [0.717, 1.165) is 161 Å². The second-order valence-corrected chi connectivity index (χ2v) is 31.0. The van der Waals surface area contributed by atoms with Crippen LogP contribution >= 0.6 is 15.6 Å². The lowest BCUT2D eigenvalue weighted by atomic mass is 10.0. The average molecular weight is 1480 g/mol. The zero-order valence-electron chi connectivity index (χ0n) is 65.3. The van der Waals surface area contributed by atoms with Gasteiger partial charge in [-0.25, -0.2) is 9.13 Å². The number of hydrogen-bond donors (Lipinski definition) is 3. The van der Waals surface area contributed by atoms with Crippen molar-refractivity contribution in [3.8, 4) is 0 Å². The minimum absolute atomic E-state index is 0.0859. The summed E-state index contributed by atoms with van der Waals surface area (Å²) < 4.78 is 68.7. The van der Waals surface area contributed by atoms with Crippen molar-refractivity contribution in [3.63, 3.8) is 0 Å². The highest BCUT2D eigenvalue weighted by Crippen LogP contribution is 2.45. The molecule has 0 bridgehead atoms. The first-order valence-electron chi connectivity index (χ1n) is 41.5. The number of aliphatic hydroxyl groups excluding tert-OH is 1. The van der Waals surface area contributed by atoms with Gasteiger partial charge >= 0.3 is 39.5 Å². The Labute approximate surface area is 622 Å². The molecule has 3 N–H and O–H groups in total. The highest BCUT2D eigenvalue weighted by atomic mass is 31.2. The maximum absolute atomic E-state index is 13.1. The first-order valence-corrected chi connectivity index (χ1v) is 44.5. The number of phosphoric ester groups is 2. The molecule has 0 amide bonds. The molecule has 102 heavy (non-hydrogen) atoms. The molecule has 17 nitrogen and oxygen atoms in total. The van der Waals surface area contributed by atoms with Crippen LogP contribution in [0.2, 0.25) is 0 Å². The van der Waals surface area contributed by atoms with E-state index < -0.39 is 97.5 Å². The van der Waals surface area contributed by atoms with E-state index in [2.05, 4.69) is 88.5 Å². The fourth-order valence-electron chi connectivity index (χ4n) is 11.6. The van der Waals surface area contributed by atoms with E-state index in [9.17, 15) is 43.2 Å². The Morgan fingerprint density at radius 3 is 0.765 bits per heavy atom. The number of hydrogen-bond acceptors (Lipinski definition) is 15. The quantitative estimate of drug-likeness (QED) is 0.0169. The number of unbranched alkanes of at least 4 members (excludes halogenated alkanes) is 43. The van der Waals surface area contributed by atoms with Crippen LogP contribution in [0.25, 0.3) is 0 Å². The van der Waals surface area contributed by atoms with Gasteiger partial charge in [0.1, 0.15) is 19.3 Å². The summed E-state index contributed by atoms with van der Waals surface area (Å²) in [5.41, 5.74) is 0. The molecule has 0 saturated carbocycles. The highest BCUT2D eigenvalue weighted by Gasteiger charge is 2.30. The van der Waals surface area contributed by atoms with Gasteiger partial charge in [0.2, 0.25) is 0 Å². The monoisotopic (exact) mass is 1480 g/mol. The zero-order valence-corrected chi connectivity index (χ0v) is 67.1. The van der Waals surface area contributed by atoms with Gasteiger partial charge in [-0.1, -0.05) is 307 Å². The predicted molar refractivity (Wildman–Crippen MR) is 418 cm³/mol. The number of carbonyl (C=O) groups is 4. The molecule has 5 unspecified atom stereocenters. The van der Waals surface area contributed by atoms with Crippen LogP contribution in [0.5, 0.6) is 0 Å². The maximum atomic E-state index is 13.1. The number of phosphoric acid groups is 2. The third-order valence-corrected chi connectivity index (χ3v) is 19.9. The Balaban J connectivity index is 5.33. The largest absolute Gasteiger partial charge is 0.472 e. The Morgan fingerprint density at radius 1 is 0.275 bits per heavy atom. The summed E-state index contributed by atoms with van der Waals surface area (Å²) in [6, 6.07) is 0. The predicted octanol–water partition coefficient (Wildman–Crippen LogP) is 24.2. The first kappa shape index (κ1) is 98.8. The molecular formula is C83H152O17P2. The SMILES string of the molecule is CCCCC/C=C\C/C=C\C/C=C\CCCCCCCCC(=O)OCC(COP(=O)(O)OCC(O)COP(=O)(O)OCC(COC(=O)CCCCCCC/C=C\CCCCCCCC)OC(=O)CCCCCCCCCCCCCCC)OC(=O)CCCCCCC/C=C\CCCCCCCC. The van der Waals surface area contributed by atoms with Crippen molar-refractivity contribution < 1.29 is 80.2 Å². The number of allylic oxidation sites excluding steroid dienone is 10. The van der Waals surface area contributed by atoms with Gasteiger partial charge in [-0.3, -0.25) is 37.3 Å². The number of carbonyl (C=O) groups excluding carboxylic acids is 4. The van der Waals surface area contributed by atoms with Crippen molar-refractivity contribution in [2.45, 2.75) is 406 Å². The second-order valence-electron chi connectivity index (χ2n) is 28.1. The van der Waals surface area contributed by atoms with Crippen LogP contribution < -0.4 is 0 Å². The lowest BCUT2D eigenvalue weighted by Crippen LogP contribution is -2.30. The third-order valence-electron chi connectivity index (χ3n) is 18.0. The van der Waals surface area contributed by atoms with Crippen molar-refractivity contribution >= 4 is 39.5 Å². The van der Waals surface area contributed by atoms with Gasteiger partial charge < -0.3 is 33.8 Å². The van der Waals surface area contributed by atoms with Gasteiger partial charge in [0, 0.05) is 25.7 Å². The summed E-state index contributed by atoms with van der Waals surface area (Å²) in [5, 5.41) is 10.6. The van der Waals surface area contributed by atoms with Gasteiger partial charge in [0.15, 0.2) is 12.2 Å². The highest BCUT2D eigenvalue weighted by molar-refractivity contribution is 7.47. The van der Waals surface area contributed by atoms with Crippen LogP contribution in [0, 0.1) is 0 Å². The second kappa shape index (κ2) is 76.0. The van der Waals surface area contributed by atoms with Gasteiger partial charge in [0.05, 0.1) is 26.4 Å². The summed E-state index contributed by atoms with van der Waals surface area (Å²) in [5.74, 6) is -2.17. The summed E-state index contributed by atoms with van der Waals surface area (Å²) in [6.07, 6.45) is 76.1. The molecule has 19 heteroatoms. The molecule has 0 aromatic rings. The van der Waals surface area contributed by atoms with Gasteiger partial charge in [0.25, 0.3) is 0 Å². The summed E-state index contributed by atoms with van der Waals surface area (Å²) in [7, 11) is -9.95. The molecule has 0 radical (unpaired) electrons. The molecule has 0 aliphatic heterocycles. The standard InChI is InChI=1S/C83H152O17P2/c1-5-9-13-17-21-25-29-33-36-37-38-39-42-45-48-52-56-60-64-68-81(86)94-74-79(100-83(88)70-66-62-58-54-50-46-41-35-31-27-23-19-15-11-7-3)76-98-102(91,92)96-72-77(84)71-95-101(89,90)97-75-78(99-82(87)69-65-61-57-53-49-43-32-28-24-20-16-12-8-4)73-93-80(85)67-63-59-55-51-47-44-40-34-30-26-22-18-14-10-6-2/h21,25,33-36,38-41,77-79,84H,5-20,22-24,26-32,37,42-76H2,1-4H3,(H,89,90)(H,91,92)/b25-21-,36-33-,39-38-,40-34-,41-35-. The maximum Gasteiger partial charge on any atom is 0.472 e. The molecular weight excluding hydrogens is 1330 g/mol. The van der Waals surface area contributed by atoms with Gasteiger partial charge in [-0.15, -0.1) is 0 Å². The summed E-state index contributed by atoms with van der Waals surface area (Å²) >= 11 is 0. The number of rotatable bonds is 79. The Kier molecular flexibility index (Phi) is 73.6. The Bertz CT molecular complexity index is 2170. The topological polar surface area (TPSA) is 237 Å². The van der Waals surface area contributed by atoms with Crippen LogP contribution in [0.3, 0.4) is 0 Å². The molecule has 0 aliphatic carbocycles. The lowest BCUT2D eigenvalue weighted by Gasteiger charge is -2.21. The molecule has 5 atom stereocenters. The molecule has 0 aromatic heterocycles. The summed E-state index contributed by atoms with van der Waals surface area (Å²) in [4.78, 5) is 73.1. The fourth-order valence-corrected chi connectivity index (χ4v) is 13.2. The summed E-state index contributed by atoms with van der Waals surface area (Å²) in [6.45, 7) is 4.89. The molecule has 0 heterocycles. The van der Waals surface area contributed by atoms with E-state index in [1.807, 2.05) is 0 Å². The van der Waals surface area contributed by atoms with Crippen LogP contribution in [0.1, 0.15) is 387 Å². The molecule has 0 fully saturated rings. The third kappa shape index (κ3) is 75.0. The molecule has 0 aromatic carbocycles. The van der Waals surface area contributed by atoms with Crippen LogP contribution in [0.4, 0.5) is 0 Å². The molecule has 0 aliphatic rings. The van der Waals surface area contributed by atoms with E-state index in [1.165, 1.54) is 148 Å². The van der Waals surface area contributed by atoms with E-state index in [-0.39, 0.29) is 25.7 Å². The van der Waals surface area contributed by atoms with Crippen molar-refractivity contribution in [2.24, 2.45) is 0 Å². The first-order chi connectivity index (χ1) is 49.7. The molecule has 0 saturated heterocycles. The van der Waals surface area contributed by atoms with Crippen molar-refractivity contribution in [3.05, 3.63) is 60.8 Å². The van der Waals surface area contributed by atoms with Crippen LogP contribution in [-0.4, -0.2) is 96.7 Å².